The summed E-state index contributed by atoms with van der Waals surface area (Å²) < 4.78 is 81.6. The van der Waals surface area contributed by atoms with E-state index in [4.69, 9.17) is 174 Å². The van der Waals surface area contributed by atoms with Gasteiger partial charge in [-0.25, -0.2) is 33.0 Å². The number of carboxylic acids is 2. The van der Waals surface area contributed by atoms with Crippen molar-refractivity contribution < 1.29 is 129 Å². The Morgan fingerprint density at radius 1 is 0.312 bits per heavy atom. The highest BCUT2D eigenvalue weighted by Crippen LogP contribution is 2.40. The van der Waals surface area contributed by atoms with Crippen LogP contribution in [0.4, 0.5) is 0 Å². The van der Waals surface area contributed by atoms with E-state index in [9.17, 15) is 38.4 Å². The second kappa shape index (κ2) is 53.6. The number of benzene rings is 9. The summed E-state index contributed by atoms with van der Waals surface area (Å²) in [7, 11) is 9.93. The molecule has 0 amide bonds. The summed E-state index contributed by atoms with van der Waals surface area (Å²) in [5.41, 5.74) is 0. The van der Waals surface area contributed by atoms with Crippen molar-refractivity contribution in [2.75, 3.05) is 67.1 Å². The highest BCUT2D eigenvalue weighted by Gasteiger charge is 2.18. The molecular formula is C74H66Cl10O27S. The first kappa shape index (κ1) is 97.9. The standard InChI is InChI=1S/C34H20Cl6O8.C12H14O6.C10H8Cl2O4.C10H10O6.C6H6O2.2CH4.Cl2OS/c35-19-1-9-27(25(39)13-19)45-29-11-3-21(37)15-31(29)47-33(41)17-43-23-5-7-24(8-6-23)44-18-34(42)48-32-16-22(38)4-12-30(32)46-28-10-2-20(36)14-26(28)40;1-15-11(13)7-17-9-3-5-10(6-4-9)18-8-12(14)16-2;11-9(13)5-15-7-1-2-8(4-3-7)16-6-10(12)14;11-9(12)5-15-7-1-2-8(4-3-7)16-6-10(13)14;7-5-1-2-6(8)4-3-5;;;1-4(2)3/h1-16H,17-18H2;3-6H,7-8H2,1-2H3;1-4H,5-6H2;1-4H,5-6H2,(H,11,12)(H,13,14);1-4,7-8H;2*1H4;. The zero-order chi connectivity index (χ0) is 81.1. The zero-order valence-corrected chi connectivity index (χ0v) is 64.9. The first-order chi connectivity index (χ1) is 52.3. The van der Waals surface area contributed by atoms with E-state index in [1.54, 1.807) is 109 Å². The maximum atomic E-state index is 12.6. The van der Waals surface area contributed by atoms with Gasteiger partial charge in [-0.1, -0.05) is 84.5 Å². The minimum atomic E-state index is -1.67. The number of methoxy groups -OCH3 is 2. The lowest BCUT2D eigenvalue weighted by Gasteiger charge is -2.14. The molecule has 4 N–H and O–H groups in total. The number of hydrogen-bond donors (Lipinski definition) is 4. The molecule has 0 aliphatic heterocycles. The second-order valence-corrected chi connectivity index (χ2v) is 26.0. The fraction of sp³-hybridized carbons (Fsp3) is 0.162. The molecule has 112 heavy (non-hydrogen) atoms. The molecule has 9 aromatic rings. The number of carboxylic acid groups (broad SMARTS) is 2. The quantitative estimate of drug-likeness (QED) is 0.0141. The number of phenolic OH excluding ortho intramolecular Hbond substituents is 2. The Kier molecular flexibility index (Phi) is 46.9. The molecule has 9 rings (SSSR count). The van der Waals surface area contributed by atoms with Gasteiger partial charge in [0.25, 0.3) is 10.5 Å². The van der Waals surface area contributed by atoms with Crippen molar-refractivity contribution in [3.05, 3.63) is 224 Å². The van der Waals surface area contributed by atoms with Crippen LogP contribution in [0.15, 0.2) is 194 Å². The predicted octanol–water partition coefficient (Wildman–Crippen LogP) is 18.0. The number of aromatic hydroxyl groups is 2. The largest absolute Gasteiger partial charge is 0.508 e. The van der Waals surface area contributed by atoms with E-state index in [2.05, 4.69) is 30.8 Å². The van der Waals surface area contributed by atoms with E-state index < -0.39 is 82.0 Å². The van der Waals surface area contributed by atoms with Crippen molar-refractivity contribution >= 4 is 170 Å². The van der Waals surface area contributed by atoms with Crippen LogP contribution in [0.25, 0.3) is 0 Å². The SMILES string of the molecule is C.C.COC(=O)COc1ccc(OCC(=O)OC)cc1.O=C(COc1ccc(OCC(=O)Oc2cc(Cl)ccc2Oc2ccc(Cl)cc2Cl)cc1)Oc1cc(Cl)ccc1Oc1ccc(Cl)cc1Cl.O=C(Cl)COc1ccc(OCC(=O)Cl)cc1.O=C(O)COc1ccc(OCC(=O)O)cc1.O=S(Cl)Cl.Oc1ccc(O)cc1. The zero-order valence-electron chi connectivity index (χ0n) is 56.5. The van der Waals surface area contributed by atoms with Gasteiger partial charge in [0.15, 0.2) is 75.9 Å². The summed E-state index contributed by atoms with van der Waals surface area (Å²) in [5, 5.41) is 34.9. The lowest BCUT2D eigenvalue weighted by atomic mass is 10.3. The van der Waals surface area contributed by atoms with Crippen LogP contribution in [-0.2, 0) is 57.1 Å². The van der Waals surface area contributed by atoms with Crippen LogP contribution in [0.2, 0.25) is 30.1 Å². The number of ether oxygens (including phenoxy) is 14. The van der Waals surface area contributed by atoms with Gasteiger partial charge in [-0.05, 0) is 205 Å². The molecule has 9 aromatic carbocycles. The number of rotatable bonds is 30. The second-order valence-electron chi connectivity index (χ2n) is 20.0. The van der Waals surface area contributed by atoms with Crippen molar-refractivity contribution in [3.63, 3.8) is 0 Å². The van der Waals surface area contributed by atoms with Crippen LogP contribution >= 0.6 is 114 Å². The Labute approximate surface area is 692 Å². The van der Waals surface area contributed by atoms with Crippen molar-refractivity contribution in [2.45, 2.75) is 14.9 Å². The van der Waals surface area contributed by atoms with E-state index >= 15 is 0 Å². The third-order valence-electron chi connectivity index (χ3n) is 11.9. The van der Waals surface area contributed by atoms with Crippen molar-refractivity contribution in [1.82, 2.24) is 0 Å². The van der Waals surface area contributed by atoms with Gasteiger partial charge in [0.05, 0.1) is 24.3 Å². The van der Waals surface area contributed by atoms with Crippen LogP contribution in [-0.4, -0.2) is 138 Å². The molecule has 38 heteroatoms. The molecule has 0 heterocycles. The Morgan fingerprint density at radius 2 is 0.527 bits per heavy atom. The molecule has 27 nitrogen and oxygen atoms in total. The predicted molar refractivity (Wildman–Crippen MR) is 421 cm³/mol. The van der Waals surface area contributed by atoms with E-state index in [0.29, 0.717) is 77.6 Å². The van der Waals surface area contributed by atoms with Crippen molar-refractivity contribution in [3.8, 4) is 92.0 Å². The molecule has 0 bridgehead atoms. The summed E-state index contributed by atoms with van der Waals surface area (Å²) in [4.78, 5) is 88.1. The molecule has 0 saturated carbocycles. The number of phenols is 2. The van der Waals surface area contributed by atoms with E-state index in [0.717, 1.165) is 0 Å². The van der Waals surface area contributed by atoms with Gasteiger partial charge in [0, 0.05) is 53.6 Å². The van der Waals surface area contributed by atoms with Crippen LogP contribution < -0.4 is 56.8 Å². The molecule has 0 unspecified atom stereocenters. The summed E-state index contributed by atoms with van der Waals surface area (Å²) in [6.45, 7) is -2.41. The smallest absolute Gasteiger partial charge is 0.349 e. The van der Waals surface area contributed by atoms with Crippen LogP contribution in [0, 0.1) is 0 Å². The molecular weight excluding hydrogens is 1710 g/mol. The lowest BCUT2D eigenvalue weighted by molar-refractivity contribution is -0.143. The monoisotopic (exact) mass is 1770 g/mol. The topological polar surface area (TPSA) is 364 Å². The summed E-state index contributed by atoms with van der Waals surface area (Å²) in [6, 6.07) is 49.2. The first-order valence-electron chi connectivity index (χ1n) is 30.2. The molecule has 600 valence electrons. The van der Waals surface area contributed by atoms with E-state index in [1.807, 2.05) is 0 Å². The number of halogens is 10. The lowest BCUT2D eigenvalue weighted by Crippen LogP contribution is -2.18. The molecule has 0 saturated heterocycles. The molecule has 0 aromatic heterocycles. The number of aliphatic carboxylic acids is 2. The first-order valence-corrected chi connectivity index (χ1v) is 36.0. The highest BCUT2D eigenvalue weighted by atomic mass is 36.0. The minimum absolute atomic E-state index is 0. The fourth-order valence-corrected chi connectivity index (χ4v) is 8.51. The Hall–Kier alpha value is -10.2. The number of carbonyl (C=O) groups excluding carboxylic acids is 6. The normalized spacial score (nSPS) is 9.76. The minimum Gasteiger partial charge on any atom is -0.508 e. The van der Waals surface area contributed by atoms with E-state index in [-0.39, 0.29) is 85.8 Å². The van der Waals surface area contributed by atoms with Gasteiger partial charge < -0.3 is 86.7 Å². The molecule has 0 radical (unpaired) electrons. The molecule has 0 aliphatic rings. The van der Waals surface area contributed by atoms with Gasteiger partial charge in [0.1, 0.15) is 69.0 Å². The molecule has 0 spiro atoms. The van der Waals surface area contributed by atoms with Gasteiger partial charge in [-0.2, -0.15) is 0 Å². The number of hydrogen-bond acceptors (Lipinski definition) is 25. The van der Waals surface area contributed by atoms with Crippen LogP contribution in [0.1, 0.15) is 14.9 Å². The van der Waals surface area contributed by atoms with Gasteiger partial charge in [-0.15, -0.1) is 0 Å². The Balaban J connectivity index is 0.000000543. The third-order valence-corrected chi connectivity index (χ3v) is 13.7. The fourth-order valence-electron chi connectivity index (χ4n) is 7.19. The maximum absolute atomic E-state index is 12.6. The summed E-state index contributed by atoms with van der Waals surface area (Å²) in [5.74, 6) is 0.359. The average molecular weight is 1770 g/mol. The Bertz CT molecular complexity index is 4140. The number of esters is 4. The highest BCUT2D eigenvalue weighted by molar-refractivity contribution is 8.26. The van der Waals surface area contributed by atoms with Crippen molar-refractivity contribution in [1.29, 1.82) is 0 Å². The molecule has 0 atom stereocenters. The number of carbonyl (C=O) groups is 8. The van der Waals surface area contributed by atoms with Crippen LogP contribution in [0.3, 0.4) is 0 Å². The Morgan fingerprint density at radius 3 is 0.750 bits per heavy atom. The van der Waals surface area contributed by atoms with Gasteiger partial charge in [-0.3, -0.25) is 9.59 Å². The van der Waals surface area contributed by atoms with E-state index in [1.165, 1.54) is 99.1 Å². The third kappa shape index (κ3) is 42.3. The maximum Gasteiger partial charge on any atom is 0.349 e. The van der Waals surface area contributed by atoms with Gasteiger partial charge in [0.2, 0.25) is 9.23 Å². The molecule has 0 fully saturated rings. The summed E-state index contributed by atoms with van der Waals surface area (Å²) >= 11 is 46.7. The molecule has 0 aliphatic carbocycles. The summed E-state index contributed by atoms with van der Waals surface area (Å²) in [6.07, 6.45) is 0. The average Bonchev–Trinajstić information content (AvgIpc) is 0.837. The van der Waals surface area contributed by atoms with Crippen LogP contribution in [0.5, 0.6) is 92.0 Å². The van der Waals surface area contributed by atoms with Crippen molar-refractivity contribution in [2.24, 2.45) is 0 Å². The van der Waals surface area contributed by atoms with Gasteiger partial charge >= 0.3 is 35.8 Å².